The van der Waals surface area contributed by atoms with Gasteiger partial charge >= 0.3 is 5.97 Å². The fourth-order valence-electron chi connectivity index (χ4n) is 3.42. The minimum absolute atomic E-state index is 0.0643. The maximum absolute atomic E-state index is 14.1. The number of carbonyl (C=O) groups is 3. The van der Waals surface area contributed by atoms with Gasteiger partial charge in [0, 0.05) is 24.8 Å². The SMILES string of the molecule is C=CCN(C(=O)c1ccccc1F)[C@H](C)C(=O)c1c(C)c(C(=O)OC)n(C)c1C. The van der Waals surface area contributed by atoms with Crippen molar-refractivity contribution in [3.63, 3.8) is 0 Å². The third-order valence-corrected chi connectivity index (χ3v) is 5.09. The molecule has 1 aromatic heterocycles. The summed E-state index contributed by atoms with van der Waals surface area (Å²) in [6, 6.07) is 4.72. The predicted octanol–water partition coefficient (Wildman–Crippen LogP) is 3.47. The van der Waals surface area contributed by atoms with Crippen molar-refractivity contribution in [3.05, 3.63) is 70.8 Å². The first-order valence-electron chi connectivity index (χ1n) is 9.12. The predicted molar refractivity (Wildman–Crippen MR) is 108 cm³/mol. The van der Waals surface area contributed by atoms with Gasteiger partial charge in [-0.25, -0.2) is 9.18 Å². The third kappa shape index (κ3) is 3.99. The molecule has 154 valence electrons. The number of hydrogen-bond acceptors (Lipinski definition) is 4. The summed E-state index contributed by atoms with van der Waals surface area (Å²) in [5.41, 5.74) is 1.56. The Balaban J connectivity index is 2.48. The van der Waals surface area contributed by atoms with Crippen molar-refractivity contribution in [2.24, 2.45) is 7.05 Å². The standard InChI is InChI=1S/C22H25FN2O4/c1-7-12-25(21(27)16-10-8-9-11-17(16)23)15(4)20(26)18-13(2)19(22(28)29-6)24(5)14(18)3/h7-11,15H,1,12H2,2-6H3/t15-/m1/s1. The Morgan fingerprint density at radius 2 is 1.90 bits per heavy atom. The average Bonchev–Trinajstić information content (AvgIpc) is 2.93. The van der Waals surface area contributed by atoms with Crippen LogP contribution in [0.1, 0.15) is 49.4 Å². The van der Waals surface area contributed by atoms with Gasteiger partial charge in [0.1, 0.15) is 11.5 Å². The van der Waals surface area contributed by atoms with E-state index in [-0.39, 0.29) is 23.6 Å². The maximum Gasteiger partial charge on any atom is 0.354 e. The summed E-state index contributed by atoms with van der Waals surface area (Å²) in [4.78, 5) is 39.6. The lowest BCUT2D eigenvalue weighted by molar-refractivity contribution is 0.0588. The molecule has 29 heavy (non-hydrogen) atoms. The lowest BCUT2D eigenvalue weighted by Crippen LogP contribution is -2.44. The molecule has 2 aromatic rings. The van der Waals surface area contributed by atoms with Gasteiger partial charge in [-0.2, -0.15) is 0 Å². The summed E-state index contributed by atoms with van der Waals surface area (Å²) in [6.45, 7) is 8.66. The summed E-state index contributed by atoms with van der Waals surface area (Å²) in [6.07, 6.45) is 1.48. The van der Waals surface area contributed by atoms with E-state index in [1.807, 2.05) is 0 Å². The van der Waals surface area contributed by atoms with E-state index in [1.54, 1.807) is 38.5 Å². The first kappa shape index (κ1) is 22.1. The number of halogens is 1. The molecule has 2 rings (SSSR count). The van der Waals surface area contributed by atoms with Crippen LogP contribution in [0.25, 0.3) is 0 Å². The zero-order valence-electron chi connectivity index (χ0n) is 17.3. The number of benzene rings is 1. The van der Waals surface area contributed by atoms with Crippen LogP contribution in [0.15, 0.2) is 36.9 Å². The van der Waals surface area contributed by atoms with Gasteiger partial charge in [0.25, 0.3) is 5.91 Å². The van der Waals surface area contributed by atoms with Gasteiger partial charge in [-0.3, -0.25) is 9.59 Å². The zero-order chi connectivity index (χ0) is 21.9. The monoisotopic (exact) mass is 400 g/mol. The largest absolute Gasteiger partial charge is 0.464 e. The summed E-state index contributed by atoms with van der Waals surface area (Å²) in [5.74, 6) is -2.17. The van der Waals surface area contributed by atoms with Gasteiger partial charge in [-0.05, 0) is 38.5 Å². The topological polar surface area (TPSA) is 68.6 Å². The summed E-state index contributed by atoms with van der Waals surface area (Å²) >= 11 is 0. The van der Waals surface area contributed by atoms with E-state index >= 15 is 0 Å². The van der Waals surface area contributed by atoms with Gasteiger partial charge in [-0.15, -0.1) is 6.58 Å². The molecule has 0 bridgehead atoms. The van der Waals surface area contributed by atoms with Gasteiger partial charge in [0.05, 0.1) is 18.7 Å². The summed E-state index contributed by atoms with van der Waals surface area (Å²) in [7, 11) is 2.94. The molecule has 0 aliphatic heterocycles. The van der Waals surface area contributed by atoms with Crippen molar-refractivity contribution in [2.45, 2.75) is 26.8 Å². The van der Waals surface area contributed by atoms with Crippen molar-refractivity contribution in [3.8, 4) is 0 Å². The normalized spacial score (nSPS) is 11.7. The van der Waals surface area contributed by atoms with Crippen LogP contribution in [0, 0.1) is 19.7 Å². The number of aromatic nitrogens is 1. The number of carbonyl (C=O) groups excluding carboxylic acids is 3. The molecular formula is C22H25FN2O4. The molecule has 7 heteroatoms. The Kier molecular flexibility index (Phi) is 6.74. The van der Waals surface area contributed by atoms with Gasteiger partial charge in [-0.1, -0.05) is 18.2 Å². The van der Waals surface area contributed by atoms with Crippen molar-refractivity contribution in [1.82, 2.24) is 9.47 Å². The van der Waals surface area contributed by atoms with E-state index in [4.69, 9.17) is 4.74 Å². The molecule has 0 radical (unpaired) electrons. The van der Waals surface area contributed by atoms with E-state index < -0.39 is 23.7 Å². The number of Topliss-reactive ketones (excluding diaryl/α,β-unsaturated/α-hetero) is 1. The fraction of sp³-hybridized carbons (Fsp3) is 0.318. The van der Waals surface area contributed by atoms with E-state index in [0.717, 1.165) is 0 Å². The molecule has 6 nitrogen and oxygen atoms in total. The molecule has 0 aliphatic carbocycles. The number of amides is 1. The highest BCUT2D eigenvalue weighted by molar-refractivity contribution is 6.07. The Hall–Kier alpha value is -3.22. The Labute approximate surface area is 169 Å². The fourth-order valence-corrected chi connectivity index (χ4v) is 3.42. The first-order valence-corrected chi connectivity index (χ1v) is 9.12. The molecule has 0 aliphatic rings. The molecule has 0 saturated carbocycles. The molecule has 1 atom stereocenters. The van der Waals surface area contributed by atoms with E-state index in [9.17, 15) is 18.8 Å². The third-order valence-electron chi connectivity index (χ3n) is 5.09. The zero-order valence-corrected chi connectivity index (χ0v) is 17.3. The lowest BCUT2D eigenvalue weighted by Gasteiger charge is -2.27. The summed E-state index contributed by atoms with van der Waals surface area (Å²) < 4.78 is 20.5. The number of ketones is 1. The maximum atomic E-state index is 14.1. The Morgan fingerprint density at radius 3 is 2.45 bits per heavy atom. The number of methoxy groups -OCH3 is 1. The van der Waals surface area contributed by atoms with Crippen LogP contribution in [0.5, 0.6) is 0 Å². The molecule has 1 aromatic carbocycles. The van der Waals surface area contributed by atoms with E-state index in [1.165, 1.54) is 36.3 Å². The summed E-state index contributed by atoms with van der Waals surface area (Å²) in [5, 5.41) is 0. The van der Waals surface area contributed by atoms with Crippen LogP contribution in [0.4, 0.5) is 4.39 Å². The number of ether oxygens (including phenoxy) is 1. The van der Waals surface area contributed by atoms with Crippen LogP contribution < -0.4 is 0 Å². The van der Waals surface area contributed by atoms with Crippen molar-refractivity contribution in [1.29, 1.82) is 0 Å². The number of hydrogen-bond donors (Lipinski definition) is 0. The smallest absolute Gasteiger partial charge is 0.354 e. The highest BCUT2D eigenvalue weighted by Gasteiger charge is 2.32. The molecule has 0 saturated heterocycles. The first-order chi connectivity index (χ1) is 13.7. The van der Waals surface area contributed by atoms with Crippen molar-refractivity contribution >= 4 is 17.7 Å². The molecule has 0 unspecified atom stereocenters. The van der Waals surface area contributed by atoms with Crippen LogP contribution in [0.3, 0.4) is 0 Å². The minimum Gasteiger partial charge on any atom is -0.464 e. The molecule has 0 fully saturated rings. The van der Waals surface area contributed by atoms with Crippen LogP contribution >= 0.6 is 0 Å². The number of nitrogens with zero attached hydrogens (tertiary/aromatic N) is 2. The average molecular weight is 400 g/mol. The van der Waals surface area contributed by atoms with Crippen molar-refractivity contribution in [2.75, 3.05) is 13.7 Å². The molecule has 0 N–H and O–H groups in total. The van der Waals surface area contributed by atoms with E-state index in [2.05, 4.69) is 6.58 Å². The second kappa shape index (κ2) is 8.86. The van der Waals surface area contributed by atoms with E-state index in [0.29, 0.717) is 16.8 Å². The number of esters is 1. The van der Waals surface area contributed by atoms with Crippen molar-refractivity contribution < 1.29 is 23.5 Å². The molecule has 1 amide bonds. The van der Waals surface area contributed by atoms with Gasteiger partial charge in [0.2, 0.25) is 0 Å². The second-order valence-corrected chi connectivity index (χ2v) is 6.75. The Bertz CT molecular complexity index is 977. The molecule has 0 spiro atoms. The lowest BCUT2D eigenvalue weighted by atomic mass is 9.99. The molecular weight excluding hydrogens is 375 g/mol. The van der Waals surface area contributed by atoms with Crippen LogP contribution in [0.2, 0.25) is 0 Å². The van der Waals surface area contributed by atoms with Crippen LogP contribution in [-0.4, -0.2) is 46.8 Å². The minimum atomic E-state index is -0.898. The molecule has 1 heterocycles. The van der Waals surface area contributed by atoms with Gasteiger partial charge in [0.15, 0.2) is 5.78 Å². The second-order valence-electron chi connectivity index (χ2n) is 6.75. The van der Waals surface area contributed by atoms with Crippen LogP contribution in [-0.2, 0) is 11.8 Å². The van der Waals surface area contributed by atoms with Gasteiger partial charge < -0.3 is 14.2 Å². The highest BCUT2D eigenvalue weighted by Crippen LogP contribution is 2.25. The quantitative estimate of drug-likeness (QED) is 0.405. The highest BCUT2D eigenvalue weighted by atomic mass is 19.1. The number of rotatable bonds is 7. The Morgan fingerprint density at radius 1 is 1.28 bits per heavy atom.